The number of methoxy groups -OCH3 is 3. The van der Waals surface area contributed by atoms with Crippen LogP contribution in [0.4, 0.5) is 0 Å². The highest BCUT2D eigenvalue weighted by molar-refractivity contribution is 9.09. The molecule has 0 N–H and O–H groups in total. The minimum Gasteiger partial charge on any atom is -0.497 e. The van der Waals surface area contributed by atoms with E-state index in [2.05, 4.69) is 75.8 Å². The predicted molar refractivity (Wildman–Crippen MR) is 170 cm³/mol. The number of hydrogen-bond donors (Lipinski definition) is 1. The summed E-state index contributed by atoms with van der Waals surface area (Å²) in [6.07, 6.45) is 0.766. The SMILES string of the molecule is COC(=O)C(Br)c1ccccc1.COc1ccc(C=O)c(S)c1.COc1ccc2cc(-c3ccccc3)sc2c1. The van der Waals surface area contributed by atoms with Crippen molar-refractivity contribution in [1.82, 2.24) is 0 Å². The highest BCUT2D eigenvalue weighted by Crippen LogP contribution is 2.35. The molecule has 0 spiro atoms. The van der Waals surface area contributed by atoms with Gasteiger partial charge in [-0.3, -0.25) is 9.59 Å². The molecule has 5 nitrogen and oxygen atoms in total. The summed E-state index contributed by atoms with van der Waals surface area (Å²) in [5.74, 6) is 1.35. The van der Waals surface area contributed by atoms with Gasteiger partial charge in [0.2, 0.25) is 0 Å². The van der Waals surface area contributed by atoms with Crippen LogP contribution < -0.4 is 9.47 Å². The Labute approximate surface area is 252 Å². The lowest BCUT2D eigenvalue weighted by Gasteiger charge is -2.06. The average Bonchev–Trinajstić information content (AvgIpc) is 3.45. The van der Waals surface area contributed by atoms with Crippen LogP contribution in [-0.4, -0.2) is 33.6 Å². The molecule has 5 aromatic rings. The van der Waals surface area contributed by atoms with E-state index in [0.29, 0.717) is 16.2 Å². The van der Waals surface area contributed by atoms with E-state index >= 15 is 0 Å². The lowest BCUT2D eigenvalue weighted by Crippen LogP contribution is -2.07. The summed E-state index contributed by atoms with van der Waals surface area (Å²) in [4.78, 5) is 23.0. The van der Waals surface area contributed by atoms with Crippen molar-refractivity contribution < 1.29 is 23.8 Å². The van der Waals surface area contributed by atoms with Crippen molar-refractivity contribution in [2.45, 2.75) is 9.72 Å². The first-order chi connectivity index (χ1) is 19.4. The number of alkyl halides is 1. The van der Waals surface area contributed by atoms with E-state index in [0.717, 1.165) is 17.6 Å². The molecule has 0 aliphatic rings. The molecule has 0 saturated carbocycles. The smallest absolute Gasteiger partial charge is 0.323 e. The van der Waals surface area contributed by atoms with Crippen LogP contribution in [0, 0.1) is 0 Å². The molecule has 0 amide bonds. The number of aldehydes is 1. The molecule has 0 saturated heterocycles. The van der Waals surface area contributed by atoms with Gasteiger partial charge >= 0.3 is 5.97 Å². The molecular formula is C32H29BrO5S2. The standard InChI is InChI=1S/C15H12OS.C9H9BrO2.C8H8O2S/c1-16-13-8-7-12-9-14(17-15(12)10-13)11-5-3-2-4-6-11;1-12-9(11)8(10)7-5-3-2-4-6-7;1-10-7-3-2-6(5-9)8(11)4-7/h2-10H,1H3;2-6,8H,1H3;2-5,11H,1H3. The van der Waals surface area contributed by atoms with Gasteiger partial charge in [-0.2, -0.15) is 0 Å². The molecular weight excluding hydrogens is 608 g/mol. The summed E-state index contributed by atoms with van der Waals surface area (Å²) >= 11 is 9.13. The van der Waals surface area contributed by atoms with Crippen LogP contribution in [0.5, 0.6) is 11.5 Å². The molecule has 0 aliphatic heterocycles. The van der Waals surface area contributed by atoms with Crippen LogP contribution >= 0.6 is 39.9 Å². The summed E-state index contributed by atoms with van der Waals surface area (Å²) in [6, 6.07) is 33.4. The largest absolute Gasteiger partial charge is 0.497 e. The van der Waals surface area contributed by atoms with Crippen LogP contribution in [0.25, 0.3) is 20.5 Å². The Hall–Kier alpha value is -3.59. The van der Waals surface area contributed by atoms with Gasteiger partial charge in [0.25, 0.3) is 0 Å². The predicted octanol–water partition coefficient (Wildman–Crippen LogP) is 8.67. The molecule has 1 aromatic heterocycles. The second kappa shape index (κ2) is 15.9. The molecule has 0 radical (unpaired) electrons. The van der Waals surface area contributed by atoms with E-state index < -0.39 is 0 Å². The number of thiophene rings is 1. The summed E-state index contributed by atoms with van der Waals surface area (Å²) in [5, 5.41) is 1.27. The average molecular weight is 638 g/mol. The van der Waals surface area contributed by atoms with Crippen molar-refractivity contribution in [2.24, 2.45) is 0 Å². The number of hydrogen-bond acceptors (Lipinski definition) is 7. The Balaban J connectivity index is 0.000000172. The maximum Gasteiger partial charge on any atom is 0.323 e. The van der Waals surface area contributed by atoms with Gasteiger partial charge in [0.15, 0.2) is 6.29 Å². The Morgan fingerprint density at radius 1 is 0.825 bits per heavy atom. The number of fused-ring (bicyclic) bond motifs is 1. The molecule has 206 valence electrons. The normalized spacial score (nSPS) is 10.7. The third kappa shape index (κ3) is 8.71. The molecule has 1 heterocycles. The van der Waals surface area contributed by atoms with Crippen LogP contribution in [0.3, 0.4) is 0 Å². The molecule has 0 fully saturated rings. The number of esters is 1. The van der Waals surface area contributed by atoms with E-state index in [4.69, 9.17) is 9.47 Å². The highest BCUT2D eigenvalue weighted by Gasteiger charge is 2.16. The molecule has 1 atom stereocenters. The van der Waals surface area contributed by atoms with Gasteiger partial charge in [0.1, 0.15) is 16.3 Å². The van der Waals surface area contributed by atoms with Crippen LogP contribution in [0.1, 0.15) is 20.7 Å². The van der Waals surface area contributed by atoms with Gasteiger partial charge in [-0.15, -0.1) is 24.0 Å². The van der Waals surface area contributed by atoms with Crippen molar-refractivity contribution in [3.8, 4) is 21.9 Å². The fourth-order valence-corrected chi connectivity index (χ4v) is 5.34. The first-order valence-corrected chi connectivity index (χ1v) is 14.3. The monoisotopic (exact) mass is 636 g/mol. The second-order valence-corrected chi connectivity index (χ2v) is 10.7. The van der Waals surface area contributed by atoms with Crippen molar-refractivity contribution in [1.29, 1.82) is 0 Å². The van der Waals surface area contributed by atoms with Crippen LogP contribution in [0.15, 0.2) is 108 Å². The maximum absolute atomic E-state index is 11.0. The lowest BCUT2D eigenvalue weighted by atomic mass is 10.1. The Morgan fingerprint density at radius 2 is 1.43 bits per heavy atom. The van der Waals surface area contributed by atoms with E-state index in [1.54, 1.807) is 43.8 Å². The molecule has 8 heteroatoms. The van der Waals surface area contributed by atoms with Crippen molar-refractivity contribution in [3.63, 3.8) is 0 Å². The second-order valence-electron chi connectivity index (χ2n) is 8.22. The van der Waals surface area contributed by atoms with E-state index in [9.17, 15) is 9.59 Å². The van der Waals surface area contributed by atoms with Crippen LogP contribution in [0.2, 0.25) is 0 Å². The minimum absolute atomic E-state index is 0.277. The number of ether oxygens (including phenoxy) is 3. The minimum atomic E-state index is -0.358. The molecule has 1 unspecified atom stereocenters. The Kier molecular flexibility index (Phi) is 12.3. The summed E-state index contributed by atoms with van der Waals surface area (Å²) in [7, 11) is 4.65. The van der Waals surface area contributed by atoms with Gasteiger partial charge in [-0.25, -0.2) is 0 Å². The number of benzene rings is 4. The number of thiol groups is 1. The van der Waals surface area contributed by atoms with Gasteiger partial charge in [0.05, 0.1) is 21.3 Å². The van der Waals surface area contributed by atoms with E-state index in [1.807, 2.05) is 42.5 Å². The zero-order valence-electron chi connectivity index (χ0n) is 22.2. The number of carbonyl (C=O) groups excluding carboxylic acids is 2. The number of rotatable bonds is 6. The Bertz CT molecular complexity index is 1520. The third-order valence-electron chi connectivity index (χ3n) is 5.65. The molecule has 5 rings (SSSR count). The first kappa shape index (κ1) is 30.9. The van der Waals surface area contributed by atoms with E-state index in [1.165, 1.54) is 27.6 Å². The summed E-state index contributed by atoms with van der Waals surface area (Å²) in [6.45, 7) is 0. The quantitative estimate of drug-likeness (QED) is 0.0874. The number of carbonyl (C=O) groups is 2. The van der Waals surface area contributed by atoms with Crippen molar-refractivity contribution in [2.75, 3.05) is 21.3 Å². The molecule has 0 bridgehead atoms. The molecule has 4 aromatic carbocycles. The third-order valence-corrected chi connectivity index (χ3v) is 8.09. The lowest BCUT2D eigenvalue weighted by molar-refractivity contribution is -0.139. The van der Waals surface area contributed by atoms with Gasteiger partial charge in [-0.05, 0) is 59.0 Å². The summed E-state index contributed by atoms with van der Waals surface area (Å²) in [5.41, 5.74) is 2.76. The summed E-state index contributed by atoms with van der Waals surface area (Å²) < 4.78 is 16.0. The van der Waals surface area contributed by atoms with Gasteiger partial charge < -0.3 is 14.2 Å². The molecule has 40 heavy (non-hydrogen) atoms. The first-order valence-electron chi connectivity index (χ1n) is 12.1. The topological polar surface area (TPSA) is 61.8 Å². The maximum atomic E-state index is 11.0. The van der Waals surface area contributed by atoms with Crippen LogP contribution in [-0.2, 0) is 9.53 Å². The van der Waals surface area contributed by atoms with Gasteiger partial charge in [0, 0.05) is 20.0 Å². The highest BCUT2D eigenvalue weighted by atomic mass is 79.9. The fourth-order valence-electron chi connectivity index (χ4n) is 3.49. The fraction of sp³-hybridized carbons (Fsp3) is 0.125. The van der Waals surface area contributed by atoms with Crippen molar-refractivity contribution >= 4 is 62.2 Å². The number of halogens is 1. The molecule has 0 aliphatic carbocycles. The van der Waals surface area contributed by atoms with Crippen molar-refractivity contribution in [3.05, 3.63) is 114 Å². The Morgan fingerprint density at radius 3 is 2.00 bits per heavy atom. The zero-order valence-corrected chi connectivity index (χ0v) is 25.5. The zero-order chi connectivity index (χ0) is 28.9. The van der Waals surface area contributed by atoms with Gasteiger partial charge in [-0.1, -0.05) is 76.6 Å². The van der Waals surface area contributed by atoms with E-state index in [-0.39, 0.29) is 10.8 Å².